The quantitative estimate of drug-likeness (QED) is 0.793. The number of ether oxygens (including phenoxy) is 1. The van der Waals surface area contributed by atoms with Crippen LogP contribution in [0.2, 0.25) is 0 Å². The lowest BCUT2D eigenvalue weighted by atomic mass is 9.90. The van der Waals surface area contributed by atoms with Crippen LogP contribution in [0.25, 0.3) is 0 Å². The van der Waals surface area contributed by atoms with E-state index in [2.05, 4.69) is 34.9 Å². The molecular formula is C24H29N3O3. The van der Waals surface area contributed by atoms with Gasteiger partial charge in [0.15, 0.2) is 6.10 Å². The molecule has 0 aromatic heterocycles. The second kappa shape index (κ2) is 8.78. The van der Waals surface area contributed by atoms with Gasteiger partial charge in [-0.25, -0.2) is 0 Å². The SMILES string of the molecule is CC(Nc1ccc2c(c1)NC(=O)C(C)O2)C(=O)N1CCC(Cc2ccccc2)CC1. The number of nitrogens with zero attached hydrogens (tertiary/aromatic N) is 1. The smallest absolute Gasteiger partial charge is 0.265 e. The zero-order valence-corrected chi connectivity index (χ0v) is 17.6. The van der Waals surface area contributed by atoms with E-state index in [1.807, 2.05) is 36.1 Å². The van der Waals surface area contributed by atoms with Crippen LogP contribution in [0.3, 0.4) is 0 Å². The summed E-state index contributed by atoms with van der Waals surface area (Å²) in [4.78, 5) is 26.7. The summed E-state index contributed by atoms with van der Waals surface area (Å²) in [5.41, 5.74) is 2.78. The molecule has 30 heavy (non-hydrogen) atoms. The second-order valence-corrected chi connectivity index (χ2v) is 8.28. The Bertz CT molecular complexity index is 907. The van der Waals surface area contributed by atoms with Crippen molar-refractivity contribution in [3.8, 4) is 5.75 Å². The van der Waals surface area contributed by atoms with Gasteiger partial charge in [0.2, 0.25) is 5.91 Å². The molecule has 0 radical (unpaired) electrons. The molecule has 2 amide bonds. The van der Waals surface area contributed by atoms with E-state index in [1.165, 1.54) is 5.56 Å². The zero-order valence-electron chi connectivity index (χ0n) is 17.6. The highest BCUT2D eigenvalue weighted by Gasteiger charge is 2.27. The van der Waals surface area contributed by atoms with Crippen LogP contribution in [0.5, 0.6) is 5.75 Å². The molecule has 4 rings (SSSR count). The van der Waals surface area contributed by atoms with Gasteiger partial charge in [-0.2, -0.15) is 0 Å². The first-order chi connectivity index (χ1) is 14.5. The number of piperidine rings is 1. The monoisotopic (exact) mass is 407 g/mol. The highest BCUT2D eigenvalue weighted by molar-refractivity contribution is 5.98. The summed E-state index contributed by atoms with van der Waals surface area (Å²) in [7, 11) is 0. The van der Waals surface area contributed by atoms with Crippen molar-refractivity contribution in [1.29, 1.82) is 0 Å². The maximum Gasteiger partial charge on any atom is 0.265 e. The van der Waals surface area contributed by atoms with Crippen LogP contribution in [0.4, 0.5) is 11.4 Å². The van der Waals surface area contributed by atoms with Crippen molar-refractivity contribution in [3.05, 3.63) is 54.1 Å². The second-order valence-electron chi connectivity index (χ2n) is 8.28. The minimum Gasteiger partial charge on any atom is -0.479 e. The van der Waals surface area contributed by atoms with Gasteiger partial charge in [0.1, 0.15) is 11.8 Å². The summed E-state index contributed by atoms with van der Waals surface area (Å²) >= 11 is 0. The van der Waals surface area contributed by atoms with Crippen molar-refractivity contribution in [2.45, 2.75) is 45.3 Å². The molecule has 2 atom stereocenters. The van der Waals surface area contributed by atoms with Crippen molar-refractivity contribution in [2.24, 2.45) is 5.92 Å². The van der Waals surface area contributed by atoms with E-state index < -0.39 is 6.10 Å². The molecule has 0 aliphatic carbocycles. The van der Waals surface area contributed by atoms with Gasteiger partial charge >= 0.3 is 0 Å². The predicted molar refractivity (Wildman–Crippen MR) is 118 cm³/mol. The number of carbonyl (C=O) groups is 2. The van der Waals surface area contributed by atoms with Crippen molar-refractivity contribution in [1.82, 2.24) is 4.90 Å². The fourth-order valence-corrected chi connectivity index (χ4v) is 4.19. The summed E-state index contributed by atoms with van der Waals surface area (Å²) in [5, 5.41) is 6.11. The van der Waals surface area contributed by atoms with Crippen LogP contribution in [-0.2, 0) is 16.0 Å². The van der Waals surface area contributed by atoms with Crippen LogP contribution in [0.1, 0.15) is 32.3 Å². The van der Waals surface area contributed by atoms with Crippen molar-refractivity contribution in [3.63, 3.8) is 0 Å². The lowest BCUT2D eigenvalue weighted by Gasteiger charge is -2.34. The Morgan fingerprint density at radius 2 is 1.93 bits per heavy atom. The lowest BCUT2D eigenvalue weighted by Crippen LogP contribution is -2.45. The Kier molecular flexibility index (Phi) is 5.93. The molecule has 0 saturated carbocycles. The van der Waals surface area contributed by atoms with E-state index in [0.717, 1.165) is 38.0 Å². The number of hydrogen-bond acceptors (Lipinski definition) is 4. The Morgan fingerprint density at radius 3 is 2.67 bits per heavy atom. The molecule has 6 heteroatoms. The number of carbonyl (C=O) groups excluding carboxylic acids is 2. The summed E-state index contributed by atoms with van der Waals surface area (Å²) in [6.07, 6.45) is 2.65. The van der Waals surface area contributed by atoms with Crippen molar-refractivity contribution >= 4 is 23.2 Å². The first kappa shape index (κ1) is 20.3. The van der Waals surface area contributed by atoms with Gasteiger partial charge in [-0.1, -0.05) is 30.3 Å². The van der Waals surface area contributed by atoms with Crippen LogP contribution in [-0.4, -0.2) is 41.9 Å². The number of rotatable bonds is 5. The molecule has 2 heterocycles. The van der Waals surface area contributed by atoms with Gasteiger partial charge < -0.3 is 20.3 Å². The summed E-state index contributed by atoms with van der Waals surface area (Å²) in [5.74, 6) is 1.22. The zero-order chi connectivity index (χ0) is 21.1. The van der Waals surface area contributed by atoms with Gasteiger partial charge in [-0.05, 0) is 62.8 Å². The maximum absolute atomic E-state index is 12.9. The van der Waals surface area contributed by atoms with Gasteiger partial charge in [0.05, 0.1) is 5.69 Å². The minimum absolute atomic E-state index is 0.111. The van der Waals surface area contributed by atoms with E-state index in [4.69, 9.17) is 4.74 Å². The Hall–Kier alpha value is -3.02. The third-order valence-corrected chi connectivity index (χ3v) is 5.96. The van der Waals surface area contributed by atoms with E-state index >= 15 is 0 Å². The first-order valence-electron chi connectivity index (χ1n) is 10.7. The average Bonchev–Trinajstić information content (AvgIpc) is 2.75. The third kappa shape index (κ3) is 4.58. The molecule has 6 nitrogen and oxygen atoms in total. The molecule has 2 aromatic rings. The topological polar surface area (TPSA) is 70.7 Å². The molecule has 2 unspecified atom stereocenters. The number of nitrogens with one attached hydrogen (secondary N) is 2. The Balaban J connectivity index is 1.30. The number of amides is 2. The molecule has 1 fully saturated rings. The van der Waals surface area contributed by atoms with Gasteiger partial charge in [0, 0.05) is 18.8 Å². The number of likely N-dealkylation sites (tertiary alicyclic amines) is 1. The van der Waals surface area contributed by atoms with Crippen LogP contribution >= 0.6 is 0 Å². The number of hydrogen-bond donors (Lipinski definition) is 2. The molecule has 0 spiro atoms. The molecule has 158 valence electrons. The molecule has 1 saturated heterocycles. The van der Waals surface area contributed by atoms with Crippen LogP contribution in [0.15, 0.2) is 48.5 Å². The van der Waals surface area contributed by atoms with Crippen molar-refractivity contribution in [2.75, 3.05) is 23.7 Å². The van der Waals surface area contributed by atoms with Crippen LogP contribution in [0, 0.1) is 5.92 Å². The van der Waals surface area contributed by atoms with Crippen molar-refractivity contribution < 1.29 is 14.3 Å². The number of anilines is 2. The average molecular weight is 408 g/mol. The lowest BCUT2D eigenvalue weighted by molar-refractivity contribution is -0.133. The van der Waals surface area contributed by atoms with E-state index in [1.54, 1.807) is 6.92 Å². The number of benzene rings is 2. The van der Waals surface area contributed by atoms with Gasteiger partial charge in [0.25, 0.3) is 5.91 Å². The number of fused-ring (bicyclic) bond motifs is 1. The van der Waals surface area contributed by atoms with Crippen LogP contribution < -0.4 is 15.4 Å². The molecule has 2 aliphatic heterocycles. The minimum atomic E-state index is -0.498. The van der Waals surface area contributed by atoms with E-state index in [0.29, 0.717) is 17.4 Å². The van der Waals surface area contributed by atoms with E-state index in [-0.39, 0.29) is 17.9 Å². The largest absolute Gasteiger partial charge is 0.479 e. The maximum atomic E-state index is 12.9. The fraction of sp³-hybridized carbons (Fsp3) is 0.417. The normalized spacial score (nSPS) is 20.0. The first-order valence-corrected chi connectivity index (χ1v) is 10.7. The van der Waals surface area contributed by atoms with E-state index in [9.17, 15) is 9.59 Å². The molecule has 2 aliphatic rings. The standard InChI is InChI=1S/C24H29N3O3/c1-16(25-20-8-9-22-21(15-20)26-23(28)17(2)30-22)24(29)27-12-10-19(11-13-27)14-18-6-4-3-5-7-18/h3-9,15-17,19,25H,10-14H2,1-2H3,(H,26,28). The predicted octanol–water partition coefficient (Wildman–Crippen LogP) is 3.69. The molecule has 0 bridgehead atoms. The molecule has 2 aromatic carbocycles. The summed E-state index contributed by atoms with van der Waals surface area (Å²) < 4.78 is 5.58. The van der Waals surface area contributed by atoms with Gasteiger partial charge in [-0.3, -0.25) is 9.59 Å². The Labute approximate surface area is 177 Å². The highest BCUT2D eigenvalue weighted by Crippen LogP contribution is 2.32. The van der Waals surface area contributed by atoms with Gasteiger partial charge in [-0.15, -0.1) is 0 Å². The Morgan fingerprint density at radius 1 is 1.20 bits per heavy atom. The molecular weight excluding hydrogens is 378 g/mol. The fourth-order valence-electron chi connectivity index (χ4n) is 4.19. The third-order valence-electron chi connectivity index (χ3n) is 5.96. The molecule has 2 N–H and O–H groups in total. The summed E-state index contributed by atoms with van der Waals surface area (Å²) in [6, 6.07) is 15.7. The highest BCUT2D eigenvalue weighted by atomic mass is 16.5. The summed E-state index contributed by atoms with van der Waals surface area (Å²) in [6.45, 7) is 5.20.